The second-order valence-corrected chi connectivity index (χ2v) is 6.77. The molecular weight excluding hydrogens is 336 g/mol. The van der Waals surface area contributed by atoms with E-state index in [0.717, 1.165) is 15.6 Å². The van der Waals surface area contributed by atoms with E-state index in [2.05, 4.69) is 15.9 Å². The molecule has 21 heavy (non-hydrogen) atoms. The van der Waals surface area contributed by atoms with Crippen LogP contribution in [0.1, 0.15) is 42.1 Å². The Balaban J connectivity index is 1.91. The molecule has 0 radical (unpaired) electrons. The molecule has 2 aliphatic rings. The summed E-state index contributed by atoms with van der Waals surface area (Å²) in [5, 5.41) is 0. The smallest absolute Gasteiger partial charge is 0.303 e. The Labute approximate surface area is 131 Å². The lowest BCUT2D eigenvalue weighted by Gasteiger charge is -2.35. The zero-order valence-corrected chi connectivity index (χ0v) is 13.2. The molecule has 3 rings (SSSR count). The number of fused-ring (bicyclic) bond motifs is 1. The van der Waals surface area contributed by atoms with Crippen LogP contribution in [0.4, 0.5) is 0 Å². The minimum Gasteiger partial charge on any atom is -0.455 e. The van der Waals surface area contributed by atoms with Crippen LogP contribution in [0.15, 0.2) is 22.7 Å². The van der Waals surface area contributed by atoms with Crippen LogP contribution >= 0.6 is 15.9 Å². The molecule has 0 aromatic heterocycles. The van der Waals surface area contributed by atoms with Gasteiger partial charge in [-0.05, 0) is 30.5 Å². The van der Waals surface area contributed by atoms with E-state index in [4.69, 9.17) is 4.74 Å². The molecule has 0 aliphatic heterocycles. The molecular formula is C16H15BrO4. The second kappa shape index (κ2) is 5.05. The highest BCUT2D eigenvalue weighted by atomic mass is 79.9. The Hall–Kier alpha value is -1.49. The predicted octanol–water partition coefficient (Wildman–Crippen LogP) is 2.86. The van der Waals surface area contributed by atoms with E-state index in [-0.39, 0.29) is 11.6 Å². The van der Waals surface area contributed by atoms with Crippen molar-refractivity contribution >= 4 is 33.5 Å². The Bertz CT molecular complexity index is 652. The van der Waals surface area contributed by atoms with E-state index < -0.39 is 17.5 Å². The van der Waals surface area contributed by atoms with Gasteiger partial charge in [-0.1, -0.05) is 22.0 Å². The number of halogens is 1. The topological polar surface area (TPSA) is 60.4 Å². The third kappa shape index (κ3) is 2.44. The van der Waals surface area contributed by atoms with Gasteiger partial charge in [-0.2, -0.15) is 0 Å². The number of benzene rings is 1. The largest absolute Gasteiger partial charge is 0.455 e. The van der Waals surface area contributed by atoms with Gasteiger partial charge in [0.1, 0.15) is 0 Å². The molecule has 4 nitrogen and oxygen atoms in total. The average molecular weight is 351 g/mol. The Morgan fingerprint density at radius 1 is 1.38 bits per heavy atom. The molecule has 2 atom stereocenters. The fraction of sp³-hybridized carbons (Fsp3) is 0.438. The van der Waals surface area contributed by atoms with Gasteiger partial charge >= 0.3 is 5.97 Å². The molecule has 2 aliphatic carbocycles. The third-order valence-electron chi connectivity index (χ3n) is 4.42. The summed E-state index contributed by atoms with van der Waals surface area (Å²) < 4.78 is 5.98. The lowest BCUT2D eigenvalue weighted by molar-refractivity contribution is -0.156. The van der Waals surface area contributed by atoms with Gasteiger partial charge in [0.15, 0.2) is 17.7 Å². The number of ketones is 2. The number of Topliss-reactive ketones (excluding diaryl/α,β-unsaturated/α-hetero) is 2. The first-order chi connectivity index (χ1) is 9.91. The van der Waals surface area contributed by atoms with E-state index in [1.165, 1.54) is 6.92 Å². The van der Waals surface area contributed by atoms with Gasteiger partial charge in [0.05, 0.1) is 0 Å². The van der Waals surface area contributed by atoms with Crippen molar-refractivity contribution in [2.24, 2.45) is 5.41 Å². The molecule has 1 aromatic carbocycles. The van der Waals surface area contributed by atoms with Crippen LogP contribution in [0.2, 0.25) is 0 Å². The molecule has 0 bridgehead atoms. The quantitative estimate of drug-likeness (QED) is 0.730. The highest BCUT2D eigenvalue weighted by molar-refractivity contribution is 9.10. The normalized spacial score (nSPS) is 27.8. The SMILES string of the molecule is CC(=O)OC1CC2(CCC1=O)Cc1ccc(Br)cc1C2=O. The van der Waals surface area contributed by atoms with Crippen LogP contribution in [-0.4, -0.2) is 23.6 Å². The zero-order chi connectivity index (χ0) is 15.2. The predicted molar refractivity (Wildman–Crippen MR) is 79.0 cm³/mol. The van der Waals surface area contributed by atoms with Crippen molar-refractivity contribution in [1.29, 1.82) is 0 Å². The summed E-state index contributed by atoms with van der Waals surface area (Å²) in [6.07, 6.45) is 0.974. The van der Waals surface area contributed by atoms with Crippen LogP contribution in [0.3, 0.4) is 0 Å². The van der Waals surface area contributed by atoms with Gasteiger partial charge in [0, 0.05) is 35.2 Å². The first-order valence-electron chi connectivity index (χ1n) is 6.94. The lowest BCUT2D eigenvalue weighted by atomic mass is 9.70. The number of esters is 1. The van der Waals surface area contributed by atoms with Crippen molar-refractivity contribution in [3.8, 4) is 0 Å². The number of carbonyl (C=O) groups is 3. The maximum Gasteiger partial charge on any atom is 0.303 e. The molecule has 1 saturated carbocycles. The molecule has 1 fully saturated rings. The fourth-order valence-corrected chi connectivity index (χ4v) is 3.77. The number of hydrogen-bond donors (Lipinski definition) is 0. The maximum absolute atomic E-state index is 12.8. The van der Waals surface area contributed by atoms with Crippen molar-refractivity contribution < 1.29 is 19.1 Å². The number of carbonyl (C=O) groups excluding carboxylic acids is 3. The van der Waals surface area contributed by atoms with Gasteiger partial charge < -0.3 is 4.74 Å². The summed E-state index contributed by atoms with van der Waals surface area (Å²) in [4.78, 5) is 35.8. The monoisotopic (exact) mass is 350 g/mol. The summed E-state index contributed by atoms with van der Waals surface area (Å²) in [6.45, 7) is 1.29. The van der Waals surface area contributed by atoms with E-state index in [1.54, 1.807) is 0 Å². The Morgan fingerprint density at radius 3 is 2.86 bits per heavy atom. The average Bonchev–Trinajstić information content (AvgIpc) is 2.67. The van der Waals surface area contributed by atoms with Gasteiger partial charge in [-0.15, -0.1) is 0 Å². The zero-order valence-electron chi connectivity index (χ0n) is 11.6. The molecule has 1 aromatic rings. The van der Waals surface area contributed by atoms with Crippen molar-refractivity contribution in [2.45, 2.75) is 38.7 Å². The minimum atomic E-state index is -0.780. The van der Waals surface area contributed by atoms with Crippen molar-refractivity contribution in [1.82, 2.24) is 0 Å². The highest BCUT2D eigenvalue weighted by Crippen LogP contribution is 2.47. The second-order valence-electron chi connectivity index (χ2n) is 5.86. The summed E-state index contributed by atoms with van der Waals surface area (Å²) in [5.41, 5.74) is 1.15. The summed E-state index contributed by atoms with van der Waals surface area (Å²) in [6, 6.07) is 5.70. The summed E-state index contributed by atoms with van der Waals surface area (Å²) >= 11 is 3.38. The van der Waals surface area contributed by atoms with Crippen LogP contribution in [-0.2, 0) is 20.7 Å². The Kier molecular flexibility index (Phi) is 3.48. The van der Waals surface area contributed by atoms with Crippen molar-refractivity contribution in [3.63, 3.8) is 0 Å². The number of hydrogen-bond acceptors (Lipinski definition) is 4. The van der Waals surface area contributed by atoms with E-state index >= 15 is 0 Å². The first kappa shape index (κ1) is 14.4. The third-order valence-corrected chi connectivity index (χ3v) is 4.91. The van der Waals surface area contributed by atoms with E-state index in [9.17, 15) is 14.4 Å². The fourth-order valence-electron chi connectivity index (χ4n) is 3.41. The van der Waals surface area contributed by atoms with E-state index in [0.29, 0.717) is 25.7 Å². The highest BCUT2D eigenvalue weighted by Gasteiger charge is 2.51. The number of rotatable bonds is 1. The van der Waals surface area contributed by atoms with Gasteiger partial charge in [0.25, 0.3) is 0 Å². The van der Waals surface area contributed by atoms with Crippen LogP contribution in [0.25, 0.3) is 0 Å². The molecule has 0 saturated heterocycles. The lowest BCUT2D eigenvalue weighted by Crippen LogP contribution is -2.43. The van der Waals surface area contributed by atoms with Crippen molar-refractivity contribution in [3.05, 3.63) is 33.8 Å². The number of ether oxygens (including phenoxy) is 1. The first-order valence-corrected chi connectivity index (χ1v) is 7.74. The standard InChI is InChI=1S/C16H15BrO4/c1-9(18)21-14-8-16(5-4-13(14)19)7-10-2-3-11(17)6-12(10)15(16)20/h2-3,6,14H,4-5,7-8H2,1H3. The summed E-state index contributed by atoms with van der Waals surface area (Å²) in [7, 11) is 0. The van der Waals surface area contributed by atoms with Crippen LogP contribution in [0.5, 0.6) is 0 Å². The van der Waals surface area contributed by atoms with Crippen molar-refractivity contribution in [2.75, 3.05) is 0 Å². The summed E-state index contributed by atoms with van der Waals surface area (Å²) in [5.74, 6) is -0.486. The van der Waals surface area contributed by atoms with E-state index in [1.807, 2.05) is 18.2 Å². The molecule has 0 amide bonds. The minimum absolute atomic E-state index is 0.0726. The van der Waals surface area contributed by atoms with Gasteiger partial charge in [0.2, 0.25) is 0 Å². The molecule has 110 valence electrons. The van der Waals surface area contributed by atoms with Crippen LogP contribution in [0, 0.1) is 5.41 Å². The maximum atomic E-state index is 12.8. The Morgan fingerprint density at radius 2 is 2.14 bits per heavy atom. The molecule has 0 heterocycles. The molecule has 1 spiro atoms. The molecule has 0 N–H and O–H groups in total. The van der Waals surface area contributed by atoms with Gasteiger partial charge in [-0.3, -0.25) is 14.4 Å². The van der Waals surface area contributed by atoms with Crippen LogP contribution < -0.4 is 0 Å². The molecule has 2 unspecified atom stereocenters. The van der Waals surface area contributed by atoms with Gasteiger partial charge in [-0.25, -0.2) is 0 Å². The molecule has 5 heteroatoms.